The summed E-state index contributed by atoms with van der Waals surface area (Å²) in [4.78, 5) is 4.12. The highest BCUT2D eigenvalue weighted by Gasteiger charge is 2.34. The Kier molecular flexibility index (Phi) is 7.94. The second kappa shape index (κ2) is 10.7. The lowest BCUT2D eigenvalue weighted by atomic mass is 10.0. The van der Waals surface area contributed by atoms with E-state index >= 15 is 0 Å². The van der Waals surface area contributed by atoms with Crippen LogP contribution >= 0.6 is 11.8 Å². The van der Waals surface area contributed by atoms with Crippen molar-refractivity contribution in [1.29, 1.82) is 10.5 Å². The van der Waals surface area contributed by atoms with E-state index in [0.717, 1.165) is 34.0 Å². The van der Waals surface area contributed by atoms with Crippen molar-refractivity contribution in [2.45, 2.75) is 57.3 Å². The van der Waals surface area contributed by atoms with Gasteiger partial charge in [0.15, 0.2) is 11.5 Å². The van der Waals surface area contributed by atoms with Crippen LogP contribution in [0.15, 0.2) is 34.1 Å². The molecule has 0 amide bonds. The second-order valence-electron chi connectivity index (χ2n) is 8.69. The van der Waals surface area contributed by atoms with Crippen LogP contribution in [0.3, 0.4) is 0 Å². The van der Waals surface area contributed by atoms with E-state index in [1.807, 2.05) is 12.1 Å². The van der Waals surface area contributed by atoms with Crippen LogP contribution in [0.2, 0.25) is 0 Å². The zero-order valence-electron chi connectivity index (χ0n) is 19.6. The summed E-state index contributed by atoms with van der Waals surface area (Å²) in [7, 11) is 0. The van der Waals surface area contributed by atoms with Crippen LogP contribution in [0.1, 0.15) is 58.6 Å². The van der Waals surface area contributed by atoms with Crippen LogP contribution in [-0.2, 0) is 0 Å². The van der Waals surface area contributed by atoms with E-state index in [0.29, 0.717) is 43.1 Å². The Labute approximate surface area is 195 Å². The molecule has 168 valence electrons. The van der Waals surface area contributed by atoms with E-state index in [1.54, 1.807) is 11.8 Å². The van der Waals surface area contributed by atoms with Gasteiger partial charge in [-0.05, 0) is 43.7 Å². The minimum absolute atomic E-state index is 0.257. The number of para-hydroxylation sites is 1. The van der Waals surface area contributed by atoms with Crippen LogP contribution in [0, 0.1) is 34.5 Å². The first kappa shape index (κ1) is 23.8. The molecule has 32 heavy (non-hydrogen) atoms. The van der Waals surface area contributed by atoms with Gasteiger partial charge in [0.25, 0.3) is 0 Å². The summed E-state index contributed by atoms with van der Waals surface area (Å²) in [6, 6.07) is 12.7. The number of fused-ring (bicyclic) bond motifs is 2. The van der Waals surface area contributed by atoms with E-state index in [1.165, 1.54) is 0 Å². The van der Waals surface area contributed by atoms with E-state index in [2.05, 4.69) is 63.8 Å². The molecule has 6 heteroatoms. The van der Waals surface area contributed by atoms with Gasteiger partial charge < -0.3 is 14.4 Å². The lowest BCUT2D eigenvalue weighted by Crippen LogP contribution is -2.23. The predicted octanol–water partition coefficient (Wildman–Crippen LogP) is 6.90. The van der Waals surface area contributed by atoms with E-state index in [4.69, 9.17) is 9.47 Å². The maximum atomic E-state index is 10.1. The molecule has 0 atom stereocenters. The Morgan fingerprint density at radius 1 is 0.906 bits per heavy atom. The number of rotatable bonds is 9. The average molecular weight is 450 g/mol. The molecule has 0 unspecified atom stereocenters. The fourth-order valence-corrected chi connectivity index (χ4v) is 4.82. The van der Waals surface area contributed by atoms with Gasteiger partial charge >= 0.3 is 0 Å². The Morgan fingerprint density at radius 3 is 2.03 bits per heavy atom. The smallest absolute Gasteiger partial charge is 0.163 e. The zero-order chi connectivity index (χ0) is 23.3. The van der Waals surface area contributed by atoms with Crippen LogP contribution in [0.25, 0.3) is 0 Å². The fourth-order valence-electron chi connectivity index (χ4n) is 3.62. The van der Waals surface area contributed by atoms with Crippen molar-refractivity contribution < 1.29 is 9.47 Å². The second-order valence-corrected chi connectivity index (χ2v) is 9.74. The molecule has 2 aromatic rings. The van der Waals surface area contributed by atoms with Gasteiger partial charge in [0, 0.05) is 11.4 Å². The third-order valence-corrected chi connectivity index (χ3v) is 6.55. The summed E-state index contributed by atoms with van der Waals surface area (Å²) in [5, 5.41) is 20.1. The van der Waals surface area contributed by atoms with Gasteiger partial charge in [-0.1, -0.05) is 51.6 Å². The SMILES string of the molecule is CCN1c2ccccc2Sc2c(OCCC(C)C)c(C#N)c(C#N)c(OCCC(C)C)c21. The third-order valence-electron chi connectivity index (χ3n) is 5.40. The third kappa shape index (κ3) is 4.81. The molecule has 0 fully saturated rings. The molecular weight excluding hydrogens is 418 g/mol. The Balaban J connectivity index is 2.23. The maximum Gasteiger partial charge on any atom is 0.163 e. The van der Waals surface area contributed by atoms with Crippen LogP contribution in [-0.4, -0.2) is 19.8 Å². The number of hydrogen-bond acceptors (Lipinski definition) is 6. The first-order valence-corrected chi connectivity index (χ1v) is 12.1. The maximum absolute atomic E-state index is 10.1. The standard InChI is InChI=1S/C26H31N3O2S/c1-6-29-21-9-7-8-10-22(21)32-26-23(29)24(30-13-11-17(2)3)19(15-27)20(16-28)25(26)31-14-12-18(4)5/h7-10,17-18H,6,11-14H2,1-5H3. The van der Waals surface area contributed by atoms with Crippen LogP contribution in [0.4, 0.5) is 11.4 Å². The van der Waals surface area contributed by atoms with Gasteiger partial charge in [0.2, 0.25) is 0 Å². The number of nitrogens with zero attached hydrogens (tertiary/aromatic N) is 3. The van der Waals surface area contributed by atoms with Gasteiger partial charge in [0.05, 0.1) is 23.8 Å². The first-order chi connectivity index (χ1) is 15.4. The summed E-state index contributed by atoms with van der Waals surface area (Å²) in [6.45, 7) is 12.3. The summed E-state index contributed by atoms with van der Waals surface area (Å²) in [5.74, 6) is 1.93. The lowest BCUT2D eigenvalue weighted by molar-refractivity contribution is 0.276. The molecule has 0 N–H and O–H groups in total. The van der Waals surface area contributed by atoms with Gasteiger partial charge in [-0.3, -0.25) is 0 Å². The van der Waals surface area contributed by atoms with E-state index in [9.17, 15) is 10.5 Å². The van der Waals surface area contributed by atoms with Gasteiger partial charge in [0.1, 0.15) is 29.0 Å². The monoisotopic (exact) mass is 449 g/mol. The fraction of sp³-hybridized carbons (Fsp3) is 0.462. The zero-order valence-corrected chi connectivity index (χ0v) is 20.4. The molecule has 1 aliphatic heterocycles. The largest absolute Gasteiger partial charge is 0.491 e. The number of benzene rings is 2. The topological polar surface area (TPSA) is 69.3 Å². The van der Waals surface area contributed by atoms with Crippen molar-refractivity contribution in [3.63, 3.8) is 0 Å². The molecule has 0 bridgehead atoms. The molecule has 1 heterocycles. The minimum Gasteiger partial charge on any atom is -0.491 e. The van der Waals surface area contributed by atoms with Crippen LogP contribution < -0.4 is 14.4 Å². The van der Waals surface area contributed by atoms with E-state index in [-0.39, 0.29) is 11.1 Å². The van der Waals surface area contributed by atoms with Crippen molar-refractivity contribution in [3.8, 4) is 23.6 Å². The lowest BCUT2D eigenvalue weighted by Gasteiger charge is -2.35. The minimum atomic E-state index is 0.257. The molecule has 0 radical (unpaired) electrons. The molecule has 0 saturated heterocycles. The molecule has 1 aliphatic rings. The molecule has 0 saturated carbocycles. The highest BCUT2D eigenvalue weighted by molar-refractivity contribution is 7.99. The summed E-state index contributed by atoms with van der Waals surface area (Å²) >= 11 is 1.58. The van der Waals surface area contributed by atoms with Gasteiger partial charge in [-0.2, -0.15) is 10.5 Å². The number of anilines is 2. The summed E-state index contributed by atoms with van der Waals surface area (Å²) in [5.41, 5.74) is 2.42. The molecule has 2 aromatic carbocycles. The number of hydrogen-bond donors (Lipinski definition) is 0. The van der Waals surface area contributed by atoms with Crippen molar-refractivity contribution in [1.82, 2.24) is 0 Å². The average Bonchev–Trinajstić information content (AvgIpc) is 2.77. The molecule has 0 aromatic heterocycles. The number of ether oxygens (including phenoxy) is 2. The Hall–Kier alpha value is -2.83. The molecule has 5 nitrogen and oxygen atoms in total. The van der Waals surface area contributed by atoms with Gasteiger partial charge in [-0.25, -0.2) is 0 Å². The van der Waals surface area contributed by atoms with Crippen molar-refractivity contribution in [3.05, 3.63) is 35.4 Å². The molecule has 0 spiro atoms. The number of nitriles is 2. The Bertz CT molecular complexity index is 1050. The highest BCUT2D eigenvalue weighted by Crippen LogP contribution is 2.57. The van der Waals surface area contributed by atoms with Crippen molar-refractivity contribution in [2.24, 2.45) is 11.8 Å². The highest BCUT2D eigenvalue weighted by atomic mass is 32.2. The van der Waals surface area contributed by atoms with Gasteiger partial charge in [-0.15, -0.1) is 0 Å². The summed E-state index contributed by atoms with van der Waals surface area (Å²) in [6.07, 6.45) is 1.73. The molecule has 0 aliphatic carbocycles. The van der Waals surface area contributed by atoms with Crippen molar-refractivity contribution in [2.75, 3.05) is 24.7 Å². The van der Waals surface area contributed by atoms with Crippen LogP contribution in [0.5, 0.6) is 11.5 Å². The normalized spacial score (nSPS) is 12.2. The Morgan fingerprint density at radius 2 is 1.47 bits per heavy atom. The predicted molar refractivity (Wildman–Crippen MR) is 129 cm³/mol. The molecule has 3 rings (SSSR count). The first-order valence-electron chi connectivity index (χ1n) is 11.3. The molecular formula is C26H31N3O2S. The van der Waals surface area contributed by atoms with E-state index < -0.39 is 0 Å². The van der Waals surface area contributed by atoms with Crippen molar-refractivity contribution >= 4 is 23.1 Å². The quantitative estimate of drug-likeness (QED) is 0.414. The summed E-state index contributed by atoms with van der Waals surface area (Å²) < 4.78 is 12.4.